The van der Waals surface area contributed by atoms with E-state index >= 15 is 0 Å². The summed E-state index contributed by atoms with van der Waals surface area (Å²) in [7, 11) is -3.51. The van der Waals surface area contributed by atoms with Crippen molar-refractivity contribution in [3.8, 4) is 0 Å². The van der Waals surface area contributed by atoms with E-state index in [9.17, 15) is 8.42 Å². The van der Waals surface area contributed by atoms with E-state index in [0.29, 0.717) is 0 Å². The van der Waals surface area contributed by atoms with Crippen LogP contribution in [0.3, 0.4) is 0 Å². The van der Waals surface area contributed by atoms with Gasteiger partial charge in [-0.1, -0.05) is 35.9 Å². The van der Waals surface area contributed by atoms with Crippen LogP contribution in [0.15, 0.2) is 64.5 Å². The summed E-state index contributed by atoms with van der Waals surface area (Å²) >= 11 is 0. The molecule has 4 N–H and O–H groups in total. The molecule has 0 heterocycles. The fraction of sp³-hybridized carbons (Fsp3) is 0.188. The predicted molar refractivity (Wildman–Crippen MR) is 108 cm³/mol. The van der Waals surface area contributed by atoms with Gasteiger partial charge < -0.3 is 11.1 Å². The topological polar surface area (TPSA) is 96.6 Å². The maximum Gasteiger partial charge on any atom is 0.240 e. The molecule has 0 fully saturated rings. The Morgan fingerprint density at radius 1 is 1.08 bits per heavy atom. The number of para-hydroxylation sites is 1. The van der Waals surface area contributed by atoms with Crippen molar-refractivity contribution in [2.45, 2.75) is 11.8 Å². The number of nitrogens with two attached hydrogens (primary N) is 1. The number of hydrogen-bond acceptors (Lipinski definition) is 3. The molecule has 2 aromatic carbocycles. The first-order chi connectivity index (χ1) is 11.0. The van der Waals surface area contributed by atoms with E-state index in [1.807, 2.05) is 37.3 Å². The fourth-order valence-corrected chi connectivity index (χ4v) is 2.89. The molecule has 0 aliphatic carbocycles. The van der Waals surface area contributed by atoms with Gasteiger partial charge in [0.2, 0.25) is 10.0 Å². The molecular formula is C16H21IN4O2S. The first-order valence-electron chi connectivity index (χ1n) is 7.16. The Balaban J connectivity index is 0.00000288. The van der Waals surface area contributed by atoms with E-state index in [-0.39, 0.29) is 47.9 Å². The summed E-state index contributed by atoms with van der Waals surface area (Å²) in [5.41, 5.74) is 7.58. The highest BCUT2D eigenvalue weighted by atomic mass is 127. The van der Waals surface area contributed by atoms with Crippen molar-refractivity contribution in [1.29, 1.82) is 0 Å². The van der Waals surface area contributed by atoms with E-state index in [4.69, 9.17) is 5.73 Å². The first-order valence-corrected chi connectivity index (χ1v) is 8.64. The second-order valence-corrected chi connectivity index (χ2v) is 6.74. The fourth-order valence-electron chi connectivity index (χ4n) is 1.87. The summed E-state index contributed by atoms with van der Waals surface area (Å²) in [5.74, 6) is 0.241. The predicted octanol–water partition coefficient (Wildman–Crippen LogP) is 2.32. The van der Waals surface area contributed by atoms with Crippen LogP contribution < -0.4 is 15.8 Å². The second-order valence-electron chi connectivity index (χ2n) is 4.97. The summed E-state index contributed by atoms with van der Waals surface area (Å²) in [6.45, 7) is 2.32. The van der Waals surface area contributed by atoms with Gasteiger partial charge in [-0.05, 0) is 31.2 Å². The largest absolute Gasteiger partial charge is 0.370 e. The zero-order chi connectivity index (χ0) is 16.7. The lowest BCUT2D eigenvalue weighted by Crippen LogP contribution is -2.28. The third kappa shape index (κ3) is 6.46. The van der Waals surface area contributed by atoms with Crippen LogP contribution in [0, 0.1) is 6.92 Å². The standard InChI is InChI=1S/C16H20N4O2S.HI/c1-13-7-9-15(10-8-13)23(21,22)19-12-11-18-16(17)20-14-5-3-2-4-6-14;/h2-10,19H,11-12H2,1H3,(H3,17,18,20);1H. The number of aryl methyl sites for hydroxylation is 1. The molecule has 8 heteroatoms. The van der Waals surface area contributed by atoms with Crippen LogP contribution in [0.4, 0.5) is 5.69 Å². The van der Waals surface area contributed by atoms with Crippen molar-refractivity contribution in [1.82, 2.24) is 4.72 Å². The Morgan fingerprint density at radius 2 is 1.71 bits per heavy atom. The minimum absolute atomic E-state index is 0. The van der Waals surface area contributed by atoms with E-state index in [0.717, 1.165) is 11.3 Å². The minimum atomic E-state index is -3.51. The number of nitrogens with one attached hydrogen (secondary N) is 2. The van der Waals surface area contributed by atoms with Crippen LogP contribution >= 0.6 is 24.0 Å². The normalized spacial score (nSPS) is 11.6. The van der Waals surface area contributed by atoms with E-state index in [2.05, 4.69) is 15.0 Å². The third-order valence-electron chi connectivity index (χ3n) is 3.06. The zero-order valence-electron chi connectivity index (χ0n) is 13.3. The molecule has 0 saturated carbocycles. The maximum absolute atomic E-state index is 12.1. The van der Waals surface area contributed by atoms with E-state index in [1.54, 1.807) is 24.3 Å². The number of aliphatic imine (C=N–C) groups is 1. The molecule has 0 atom stereocenters. The third-order valence-corrected chi connectivity index (χ3v) is 4.54. The average Bonchev–Trinajstić information content (AvgIpc) is 2.53. The second kappa shape index (κ2) is 9.60. The van der Waals surface area contributed by atoms with Gasteiger partial charge in [0.1, 0.15) is 0 Å². The van der Waals surface area contributed by atoms with Gasteiger partial charge in [-0.25, -0.2) is 13.1 Å². The Hall–Kier alpha value is -1.65. The lowest BCUT2D eigenvalue weighted by atomic mass is 10.2. The van der Waals surface area contributed by atoms with Crippen molar-refractivity contribution < 1.29 is 8.42 Å². The van der Waals surface area contributed by atoms with Gasteiger partial charge in [0.15, 0.2) is 5.96 Å². The van der Waals surface area contributed by atoms with Gasteiger partial charge in [-0.15, -0.1) is 24.0 Å². The maximum atomic E-state index is 12.1. The highest BCUT2D eigenvalue weighted by Crippen LogP contribution is 2.09. The number of anilines is 1. The molecule has 24 heavy (non-hydrogen) atoms. The molecular weight excluding hydrogens is 439 g/mol. The number of rotatable bonds is 6. The van der Waals surface area contributed by atoms with Crippen LogP contribution in [0.2, 0.25) is 0 Å². The van der Waals surface area contributed by atoms with Crippen LogP contribution in [-0.4, -0.2) is 27.5 Å². The Morgan fingerprint density at radius 3 is 2.33 bits per heavy atom. The number of halogens is 1. The number of benzene rings is 2. The number of guanidine groups is 1. The van der Waals surface area contributed by atoms with Gasteiger partial charge in [-0.3, -0.25) is 4.99 Å². The van der Waals surface area contributed by atoms with Crippen molar-refractivity contribution >= 4 is 45.6 Å². The van der Waals surface area contributed by atoms with E-state index in [1.165, 1.54) is 0 Å². The minimum Gasteiger partial charge on any atom is -0.370 e. The van der Waals surface area contributed by atoms with Crippen molar-refractivity contribution in [2.24, 2.45) is 10.7 Å². The van der Waals surface area contributed by atoms with Crippen LogP contribution in [0.25, 0.3) is 0 Å². The summed E-state index contributed by atoms with van der Waals surface area (Å²) in [5, 5.41) is 2.93. The SMILES string of the molecule is Cc1ccc(S(=O)(=O)NCCN=C(N)Nc2ccccc2)cc1.I. The van der Waals surface area contributed by atoms with Crippen molar-refractivity contribution in [3.63, 3.8) is 0 Å². The molecule has 2 aromatic rings. The molecule has 0 radical (unpaired) electrons. The van der Waals surface area contributed by atoms with Crippen LogP contribution in [0.5, 0.6) is 0 Å². The zero-order valence-corrected chi connectivity index (χ0v) is 16.4. The monoisotopic (exact) mass is 460 g/mol. The first kappa shape index (κ1) is 20.4. The van der Waals surface area contributed by atoms with E-state index < -0.39 is 10.0 Å². The van der Waals surface area contributed by atoms with Crippen LogP contribution in [0.1, 0.15) is 5.56 Å². The summed E-state index contributed by atoms with van der Waals surface area (Å²) in [6, 6.07) is 16.1. The molecule has 2 rings (SSSR count). The smallest absolute Gasteiger partial charge is 0.240 e. The van der Waals surface area contributed by atoms with Gasteiger partial charge in [0.25, 0.3) is 0 Å². The summed E-state index contributed by atoms with van der Waals surface area (Å²) < 4.78 is 26.6. The molecule has 130 valence electrons. The summed E-state index contributed by atoms with van der Waals surface area (Å²) in [4.78, 5) is 4.33. The highest BCUT2D eigenvalue weighted by molar-refractivity contribution is 14.0. The molecule has 0 saturated heterocycles. The Kier molecular flexibility index (Phi) is 8.16. The van der Waals surface area contributed by atoms with Crippen molar-refractivity contribution in [2.75, 3.05) is 18.4 Å². The molecule has 0 spiro atoms. The summed E-state index contributed by atoms with van der Waals surface area (Å²) in [6.07, 6.45) is 0. The van der Waals surface area contributed by atoms with Gasteiger partial charge in [-0.2, -0.15) is 0 Å². The molecule has 0 aliphatic heterocycles. The molecule has 0 aromatic heterocycles. The number of hydrogen-bond donors (Lipinski definition) is 3. The van der Waals surface area contributed by atoms with Crippen molar-refractivity contribution in [3.05, 3.63) is 60.2 Å². The molecule has 6 nitrogen and oxygen atoms in total. The van der Waals surface area contributed by atoms with Gasteiger partial charge >= 0.3 is 0 Å². The van der Waals surface area contributed by atoms with Gasteiger partial charge in [0.05, 0.1) is 11.4 Å². The lowest BCUT2D eigenvalue weighted by molar-refractivity contribution is 0.582. The number of nitrogens with zero attached hydrogens (tertiary/aromatic N) is 1. The average molecular weight is 460 g/mol. The lowest BCUT2D eigenvalue weighted by Gasteiger charge is -2.07. The molecule has 0 aliphatic rings. The number of sulfonamides is 1. The Labute approximate surface area is 159 Å². The van der Waals surface area contributed by atoms with Gasteiger partial charge in [0, 0.05) is 12.2 Å². The molecule has 0 bridgehead atoms. The quantitative estimate of drug-likeness (QED) is 0.267. The molecule has 0 unspecified atom stereocenters. The molecule has 0 amide bonds. The Bertz CT molecular complexity index is 762. The highest BCUT2D eigenvalue weighted by Gasteiger charge is 2.12. The van der Waals surface area contributed by atoms with Crippen LogP contribution in [-0.2, 0) is 10.0 Å².